The Morgan fingerprint density at radius 2 is 0.865 bits per heavy atom. The van der Waals surface area contributed by atoms with E-state index < -0.39 is 6.10 Å². The molecule has 0 radical (unpaired) electrons. The van der Waals surface area contributed by atoms with E-state index in [9.17, 15) is 9.90 Å². The van der Waals surface area contributed by atoms with Gasteiger partial charge in [-0.05, 0) is 12.8 Å². The lowest BCUT2D eigenvalue weighted by Crippen LogP contribution is -2.24. The van der Waals surface area contributed by atoms with Crippen molar-refractivity contribution in [3.8, 4) is 0 Å². The van der Waals surface area contributed by atoms with Crippen molar-refractivity contribution in [3.05, 3.63) is 0 Å². The Morgan fingerprint density at radius 1 is 0.514 bits per heavy atom. The first-order chi connectivity index (χ1) is 18.2. The molecule has 0 heterocycles. The second-order valence-corrected chi connectivity index (χ2v) is 11.3. The van der Waals surface area contributed by atoms with Gasteiger partial charge in [0, 0.05) is 13.0 Å². The maximum atomic E-state index is 11.9. The minimum atomic E-state index is -0.715. The number of carbonyl (C=O) groups is 1. The third-order valence-electron chi connectivity index (χ3n) is 7.37. The van der Waals surface area contributed by atoms with Crippen molar-refractivity contribution in [2.24, 2.45) is 0 Å². The second-order valence-electron chi connectivity index (χ2n) is 11.3. The van der Waals surface area contributed by atoms with Gasteiger partial charge in [0.2, 0.25) is 0 Å². The van der Waals surface area contributed by atoms with Crippen molar-refractivity contribution in [1.29, 1.82) is 0 Å². The van der Waals surface area contributed by atoms with Gasteiger partial charge in [-0.1, -0.05) is 162 Å². The summed E-state index contributed by atoms with van der Waals surface area (Å²) in [6.45, 7) is 5.52. The third-order valence-corrected chi connectivity index (χ3v) is 7.37. The maximum Gasteiger partial charge on any atom is 0.305 e. The van der Waals surface area contributed by atoms with Gasteiger partial charge in [-0.2, -0.15) is 0 Å². The molecule has 0 spiro atoms. The number of carbonyl (C=O) groups excluding carboxylic acids is 1. The van der Waals surface area contributed by atoms with Gasteiger partial charge in [-0.25, -0.2) is 0 Å². The zero-order chi connectivity index (χ0) is 27.1. The Labute approximate surface area is 232 Å². The first kappa shape index (κ1) is 36.4. The van der Waals surface area contributed by atoms with Crippen molar-refractivity contribution in [2.45, 2.75) is 187 Å². The first-order valence-electron chi connectivity index (χ1n) is 16.6. The van der Waals surface area contributed by atoms with E-state index in [1.165, 1.54) is 141 Å². The highest BCUT2D eigenvalue weighted by Gasteiger charge is 2.09. The van der Waals surface area contributed by atoms with Gasteiger partial charge in [0.1, 0.15) is 12.7 Å². The van der Waals surface area contributed by atoms with E-state index in [2.05, 4.69) is 13.8 Å². The molecule has 4 heteroatoms. The Morgan fingerprint density at radius 3 is 1.27 bits per heavy atom. The minimum Gasteiger partial charge on any atom is -0.463 e. The summed E-state index contributed by atoms with van der Waals surface area (Å²) < 4.78 is 10.8. The smallest absolute Gasteiger partial charge is 0.305 e. The molecule has 1 atom stereocenters. The lowest BCUT2D eigenvalue weighted by Gasteiger charge is -2.12. The van der Waals surface area contributed by atoms with Gasteiger partial charge in [-0.15, -0.1) is 0 Å². The molecule has 0 amide bonds. The predicted molar refractivity (Wildman–Crippen MR) is 159 cm³/mol. The van der Waals surface area contributed by atoms with Crippen LogP contribution < -0.4 is 0 Å². The van der Waals surface area contributed by atoms with Gasteiger partial charge in [-0.3, -0.25) is 4.79 Å². The molecular formula is C33H66O4. The second kappa shape index (κ2) is 31.6. The molecule has 0 bridgehead atoms. The fourth-order valence-electron chi connectivity index (χ4n) is 4.86. The number of ether oxygens (including phenoxy) is 2. The number of aliphatic hydroxyl groups excluding tert-OH is 1. The van der Waals surface area contributed by atoms with Crippen molar-refractivity contribution < 1.29 is 19.4 Å². The van der Waals surface area contributed by atoms with E-state index in [1.807, 2.05) is 0 Å². The summed E-state index contributed by atoms with van der Waals surface area (Å²) in [6, 6.07) is 0. The Hall–Kier alpha value is -0.610. The average molecular weight is 527 g/mol. The molecule has 37 heavy (non-hydrogen) atoms. The van der Waals surface area contributed by atoms with Gasteiger partial charge in [0.05, 0.1) is 6.61 Å². The number of unbranched alkanes of at least 4 members (excludes halogenated alkanes) is 23. The van der Waals surface area contributed by atoms with Crippen LogP contribution in [0.3, 0.4) is 0 Å². The summed E-state index contributed by atoms with van der Waals surface area (Å²) in [6.07, 6.45) is 32.6. The summed E-state index contributed by atoms with van der Waals surface area (Å²) in [5, 5.41) is 9.97. The fourth-order valence-corrected chi connectivity index (χ4v) is 4.86. The summed E-state index contributed by atoms with van der Waals surface area (Å²) in [5.41, 5.74) is 0. The Balaban J connectivity index is 3.26. The van der Waals surface area contributed by atoms with Crippen molar-refractivity contribution in [1.82, 2.24) is 0 Å². The van der Waals surface area contributed by atoms with Gasteiger partial charge >= 0.3 is 5.97 Å². The zero-order valence-corrected chi connectivity index (χ0v) is 25.3. The van der Waals surface area contributed by atoms with E-state index in [4.69, 9.17) is 9.47 Å². The highest BCUT2D eigenvalue weighted by atomic mass is 16.5. The Kier molecular flexibility index (Phi) is 31.1. The molecule has 1 N–H and O–H groups in total. The SMILES string of the molecule is CCCCCCCCCCCCCCCCOCC(O)COC(=O)CCCCCCCCCCCCC. The standard InChI is InChI=1S/C33H66O4/c1-3-5-7-9-11-13-15-16-17-19-21-23-25-27-29-36-30-32(34)31-37-33(35)28-26-24-22-20-18-14-12-10-8-6-4-2/h32,34H,3-31H2,1-2H3. The van der Waals surface area contributed by atoms with Crippen molar-refractivity contribution in [3.63, 3.8) is 0 Å². The molecule has 0 aliphatic heterocycles. The van der Waals surface area contributed by atoms with Crippen molar-refractivity contribution >= 4 is 5.97 Å². The lowest BCUT2D eigenvalue weighted by molar-refractivity contribution is -0.147. The number of hydrogen-bond donors (Lipinski definition) is 1. The third kappa shape index (κ3) is 31.5. The molecule has 0 saturated carbocycles. The molecule has 1 unspecified atom stereocenters. The first-order valence-corrected chi connectivity index (χ1v) is 16.6. The monoisotopic (exact) mass is 526 g/mol. The average Bonchev–Trinajstić information content (AvgIpc) is 2.90. The highest BCUT2D eigenvalue weighted by Crippen LogP contribution is 2.14. The fraction of sp³-hybridized carbons (Fsp3) is 0.970. The topological polar surface area (TPSA) is 55.8 Å². The van der Waals surface area contributed by atoms with Gasteiger partial charge < -0.3 is 14.6 Å². The van der Waals surface area contributed by atoms with Gasteiger partial charge in [0.25, 0.3) is 0 Å². The predicted octanol–water partition coefficient (Wildman–Crippen LogP) is 10.1. The molecule has 0 fully saturated rings. The molecule has 4 nitrogen and oxygen atoms in total. The molecule has 0 aliphatic rings. The normalized spacial score (nSPS) is 12.2. The van der Waals surface area contributed by atoms with Crippen LogP contribution in [0.1, 0.15) is 181 Å². The van der Waals surface area contributed by atoms with Crippen LogP contribution in [0.5, 0.6) is 0 Å². The van der Waals surface area contributed by atoms with Crippen molar-refractivity contribution in [2.75, 3.05) is 19.8 Å². The molecule has 222 valence electrons. The van der Waals surface area contributed by atoms with E-state index in [1.54, 1.807) is 0 Å². The van der Waals surface area contributed by atoms with Crippen LogP contribution in [0.25, 0.3) is 0 Å². The largest absolute Gasteiger partial charge is 0.463 e. The van der Waals surface area contributed by atoms with Crippen LogP contribution >= 0.6 is 0 Å². The minimum absolute atomic E-state index is 0.0512. The van der Waals surface area contributed by atoms with Crippen LogP contribution in [-0.2, 0) is 14.3 Å². The molecule has 0 saturated heterocycles. The zero-order valence-electron chi connectivity index (χ0n) is 25.3. The van der Waals surface area contributed by atoms with Gasteiger partial charge in [0.15, 0.2) is 0 Å². The molecule has 0 aliphatic carbocycles. The van der Waals surface area contributed by atoms with E-state index >= 15 is 0 Å². The molecule has 0 aromatic rings. The summed E-state index contributed by atoms with van der Waals surface area (Å²) in [5.74, 6) is -0.193. The maximum absolute atomic E-state index is 11.9. The number of rotatable bonds is 31. The number of hydrogen-bond acceptors (Lipinski definition) is 4. The van der Waals surface area contributed by atoms with E-state index in [-0.39, 0.29) is 19.2 Å². The van der Waals surface area contributed by atoms with Crippen LogP contribution in [0.4, 0.5) is 0 Å². The summed E-state index contributed by atoms with van der Waals surface area (Å²) in [7, 11) is 0. The molecule has 0 aromatic carbocycles. The molecular weight excluding hydrogens is 460 g/mol. The van der Waals surface area contributed by atoms with Crippen LogP contribution in [0.2, 0.25) is 0 Å². The quantitative estimate of drug-likeness (QED) is 0.0721. The van der Waals surface area contributed by atoms with Crippen LogP contribution in [-0.4, -0.2) is 37.0 Å². The number of aliphatic hydroxyl groups is 1. The van der Waals surface area contributed by atoms with Crippen LogP contribution in [0.15, 0.2) is 0 Å². The van der Waals surface area contributed by atoms with Crippen LogP contribution in [0, 0.1) is 0 Å². The summed E-state index contributed by atoms with van der Waals surface area (Å²) in [4.78, 5) is 11.9. The summed E-state index contributed by atoms with van der Waals surface area (Å²) >= 11 is 0. The van der Waals surface area contributed by atoms with E-state index in [0.29, 0.717) is 13.0 Å². The Bertz CT molecular complexity index is 440. The highest BCUT2D eigenvalue weighted by molar-refractivity contribution is 5.69. The number of esters is 1. The van der Waals surface area contributed by atoms with E-state index in [0.717, 1.165) is 19.3 Å². The molecule has 0 aromatic heterocycles. The lowest BCUT2D eigenvalue weighted by atomic mass is 10.0. The molecule has 0 rings (SSSR count).